The fourth-order valence-electron chi connectivity index (χ4n) is 5.32. The second kappa shape index (κ2) is 11.4. The van der Waals surface area contributed by atoms with Crippen molar-refractivity contribution in [2.45, 2.75) is 33.1 Å². The van der Waals surface area contributed by atoms with Gasteiger partial charge in [-0.3, -0.25) is 19.9 Å². The molecule has 7 nitrogen and oxygen atoms in total. The van der Waals surface area contributed by atoms with Crippen LogP contribution in [0.2, 0.25) is 0 Å². The van der Waals surface area contributed by atoms with E-state index in [4.69, 9.17) is 5.41 Å². The quantitative estimate of drug-likeness (QED) is 0.237. The van der Waals surface area contributed by atoms with Gasteiger partial charge in [0.15, 0.2) is 0 Å². The van der Waals surface area contributed by atoms with Crippen molar-refractivity contribution in [1.82, 2.24) is 14.7 Å². The molecule has 0 spiro atoms. The number of hydrogen-bond acceptors (Lipinski definition) is 5. The molecule has 0 bridgehead atoms. The first-order valence-corrected chi connectivity index (χ1v) is 13.1. The van der Waals surface area contributed by atoms with Crippen molar-refractivity contribution in [2.24, 2.45) is 11.8 Å². The molecule has 192 valence electrons. The molecule has 2 atom stereocenters. The van der Waals surface area contributed by atoms with E-state index in [0.717, 1.165) is 49.0 Å². The van der Waals surface area contributed by atoms with E-state index in [1.807, 2.05) is 18.2 Å². The minimum absolute atomic E-state index is 0.253. The Morgan fingerprint density at radius 2 is 1.81 bits per heavy atom. The third-order valence-electron chi connectivity index (χ3n) is 7.61. The van der Waals surface area contributed by atoms with E-state index >= 15 is 0 Å². The Hall–Kier alpha value is -3.03. The van der Waals surface area contributed by atoms with Crippen LogP contribution in [0.5, 0.6) is 0 Å². The highest BCUT2D eigenvalue weighted by Crippen LogP contribution is 2.38. The van der Waals surface area contributed by atoms with Crippen LogP contribution in [-0.4, -0.2) is 79.2 Å². The molecule has 1 aliphatic heterocycles. The molecule has 4 rings (SSSR count). The zero-order chi connectivity index (χ0) is 25.8. The predicted octanol–water partition coefficient (Wildman–Crippen LogP) is 4.68. The third kappa shape index (κ3) is 5.37. The molecule has 1 heterocycles. The summed E-state index contributed by atoms with van der Waals surface area (Å²) in [6.45, 7) is 13.8. The Labute approximate surface area is 214 Å². The summed E-state index contributed by atoms with van der Waals surface area (Å²) in [6, 6.07) is 9.07. The molecule has 2 aromatic carbocycles. The molecule has 1 N–H and O–H groups in total. The van der Waals surface area contributed by atoms with Gasteiger partial charge >= 0.3 is 0 Å². The minimum atomic E-state index is -0.253. The lowest BCUT2D eigenvalue weighted by Crippen LogP contribution is -2.44. The van der Waals surface area contributed by atoms with Gasteiger partial charge in [0.1, 0.15) is 0 Å². The van der Waals surface area contributed by atoms with Crippen LogP contribution < -0.4 is 4.90 Å². The highest BCUT2D eigenvalue weighted by molar-refractivity contribution is 6.27. The summed E-state index contributed by atoms with van der Waals surface area (Å²) >= 11 is 0. The number of amides is 2. The van der Waals surface area contributed by atoms with E-state index in [0.29, 0.717) is 29.6 Å². The molecule has 7 heteroatoms. The lowest BCUT2D eigenvalue weighted by atomic mass is 9.92. The summed E-state index contributed by atoms with van der Waals surface area (Å²) in [7, 11) is 2.06. The number of carbonyl (C=O) groups excluding carboxylic acids is 2. The number of hydrogen-bond donors (Lipinski definition) is 1. The molecule has 0 aromatic heterocycles. The second-order valence-electron chi connectivity index (χ2n) is 10.3. The number of nitrogens with zero attached hydrogens (tertiary/aromatic N) is 4. The summed E-state index contributed by atoms with van der Waals surface area (Å²) in [5.41, 5.74) is 1.79. The average Bonchev–Trinajstić information content (AvgIpc) is 3.57. The molecule has 2 aliphatic rings. The summed E-state index contributed by atoms with van der Waals surface area (Å²) in [4.78, 5) is 34.5. The Balaban J connectivity index is 1.39. The monoisotopic (exact) mass is 489 g/mol. The van der Waals surface area contributed by atoms with Crippen LogP contribution in [0.25, 0.3) is 10.8 Å². The van der Waals surface area contributed by atoms with Crippen molar-refractivity contribution in [3.8, 4) is 0 Å². The first-order chi connectivity index (χ1) is 17.4. The zero-order valence-corrected chi connectivity index (χ0v) is 21.9. The van der Waals surface area contributed by atoms with Crippen molar-refractivity contribution < 1.29 is 9.59 Å². The molecular formula is C29H39N5O2. The van der Waals surface area contributed by atoms with E-state index in [9.17, 15) is 9.59 Å². The molecule has 0 saturated heterocycles. The number of nitrogens with one attached hydrogen (secondary N) is 1. The first kappa shape index (κ1) is 26.0. The maximum atomic E-state index is 13.4. The van der Waals surface area contributed by atoms with Gasteiger partial charge in [-0.2, -0.15) is 0 Å². The fraction of sp³-hybridized carbons (Fsp3) is 0.483. The van der Waals surface area contributed by atoms with Gasteiger partial charge < -0.3 is 14.7 Å². The third-order valence-corrected chi connectivity index (χ3v) is 7.61. The van der Waals surface area contributed by atoms with Crippen LogP contribution in [0.3, 0.4) is 0 Å². The Morgan fingerprint density at radius 3 is 2.44 bits per heavy atom. The van der Waals surface area contributed by atoms with Crippen LogP contribution in [0.15, 0.2) is 43.1 Å². The van der Waals surface area contributed by atoms with Crippen LogP contribution in [-0.2, 0) is 0 Å². The van der Waals surface area contributed by atoms with E-state index < -0.39 is 0 Å². The molecule has 36 heavy (non-hydrogen) atoms. The molecular weight excluding hydrogens is 450 g/mol. The molecule has 1 saturated carbocycles. The van der Waals surface area contributed by atoms with Crippen molar-refractivity contribution in [2.75, 3.05) is 51.2 Å². The van der Waals surface area contributed by atoms with Gasteiger partial charge in [-0.1, -0.05) is 32.6 Å². The van der Waals surface area contributed by atoms with Gasteiger partial charge in [0.2, 0.25) is 0 Å². The van der Waals surface area contributed by atoms with Gasteiger partial charge in [0.25, 0.3) is 11.8 Å². The summed E-state index contributed by atoms with van der Waals surface area (Å²) in [5.74, 6) is 1.25. The Bertz CT molecular complexity index is 1120. The lowest BCUT2D eigenvalue weighted by Gasteiger charge is -2.30. The summed E-state index contributed by atoms with van der Waals surface area (Å²) < 4.78 is 0. The number of anilines is 1. The standard InChI is InChI=1S/C29H39N5O2/c1-5-13-32(19-22-18-21(22)3)15-8-14-31(4)16-17-34-28(35)24-10-7-9-23-26(33(6-2)20-30)12-11-25(27(23)24)29(34)36/h6-7,9-12,20-22,30H,2,5,8,13-19H2,1,3-4H3. The van der Waals surface area contributed by atoms with Gasteiger partial charge in [-0.15, -0.1) is 0 Å². The number of rotatable bonds is 14. The molecule has 2 amide bonds. The number of carbonyl (C=O) groups is 2. The molecule has 2 aromatic rings. The minimum Gasteiger partial charge on any atom is -0.308 e. The van der Waals surface area contributed by atoms with Crippen molar-refractivity contribution >= 4 is 34.6 Å². The lowest BCUT2D eigenvalue weighted by molar-refractivity contribution is 0.0597. The number of imide groups is 1. The predicted molar refractivity (Wildman–Crippen MR) is 147 cm³/mol. The van der Waals surface area contributed by atoms with Gasteiger partial charge in [0, 0.05) is 47.7 Å². The number of likely N-dealkylation sites (N-methyl/N-ethyl adjacent to an activating group) is 1. The van der Waals surface area contributed by atoms with Crippen molar-refractivity contribution in [1.29, 1.82) is 5.41 Å². The van der Waals surface area contributed by atoms with E-state index in [1.165, 1.54) is 30.6 Å². The number of benzene rings is 2. The normalized spacial score (nSPS) is 18.9. The van der Waals surface area contributed by atoms with Gasteiger partial charge in [-0.05, 0) is 76.0 Å². The molecule has 2 unspecified atom stereocenters. The Morgan fingerprint density at radius 1 is 1.08 bits per heavy atom. The Kier molecular flexibility index (Phi) is 8.21. The fourth-order valence-corrected chi connectivity index (χ4v) is 5.32. The smallest absolute Gasteiger partial charge is 0.261 e. The van der Waals surface area contributed by atoms with Crippen molar-refractivity contribution in [3.63, 3.8) is 0 Å². The molecule has 1 fully saturated rings. The van der Waals surface area contributed by atoms with Gasteiger partial charge in [0.05, 0.1) is 12.0 Å². The largest absolute Gasteiger partial charge is 0.308 e. The first-order valence-electron chi connectivity index (χ1n) is 13.1. The van der Waals surface area contributed by atoms with Crippen LogP contribution in [0.1, 0.15) is 53.8 Å². The zero-order valence-electron chi connectivity index (χ0n) is 21.9. The van der Waals surface area contributed by atoms with Crippen molar-refractivity contribution in [3.05, 3.63) is 54.2 Å². The average molecular weight is 490 g/mol. The molecule has 1 aliphatic carbocycles. The second-order valence-corrected chi connectivity index (χ2v) is 10.3. The highest BCUT2D eigenvalue weighted by Gasteiger charge is 2.34. The molecule has 0 radical (unpaired) electrons. The van der Waals surface area contributed by atoms with Crippen LogP contribution in [0, 0.1) is 17.2 Å². The highest BCUT2D eigenvalue weighted by atomic mass is 16.2. The SMILES string of the molecule is C=CN(C=N)c1ccc2c3c(cccc13)C(=O)N(CCN(C)CCCN(CCC)CC1CC1C)C2=O. The summed E-state index contributed by atoms with van der Waals surface area (Å²) in [5, 5.41) is 9.08. The van der Waals surface area contributed by atoms with E-state index in [2.05, 4.69) is 37.3 Å². The van der Waals surface area contributed by atoms with E-state index in [-0.39, 0.29) is 11.8 Å². The maximum absolute atomic E-state index is 13.4. The van der Waals surface area contributed by atoms with E-state index in [1.54, 1.807) is 23.2 Å². The maximum Gasteiger partial charge on any atom is 0.261 e. The topological polar surface area (TPSA) is 71.0 Å². The summed E-state index contributed by atoms with van der Waals surface area (Å²) in [6.07, 6.45) is 6.33. The van der Waals surface area contributed by atoms with Crippen LogP contribution in [0.4, 0.5) is 5.69 Å². The van der Waals surface area contributed by atoms with Gasteiger partial charge in [-0.25, -0.2) is 0 Å². The van der Waals surface area contributed by atoms with Crippen LogP contribution >= 0.6 is 0 Å².